The number of hydrogen-bond donors (Lipinski definition) is 1. The number of carbonyl (C=O) groups is 1. The zero-order chi connectivity index (χ0) is 15.9. The van der Waals surface area contributed by atoms with Gasteiger partial charge in [-0.15, -0.1) is 0 Å². The first-order valence-electron chi connectivity index (χ1n) is 7.54. The van der Waals surface area contributed by atoms with Crippen LogP contribution in [0.3, 0.4) is 0 Å². The van der Waals surface area contributed by atoms with Gasteiger partial charge >= 0.3 is 0 Å². The summed E-state index contributed by atoms with van der Waals surface area (Å²) in [4.78, 5) is 13.9. The summed E-state index contributed by atoms with van der Waals surface area (Å²) >= 11 is 0. The van der Waals surface area contributed by atoms with Crippen LogP contribution < -0.4 is 0 Å². The predicted octanol–water partition coefficient (Wildman–Crippen LogP) is 1.90. The summed E-state index contributed by atoms with van der Waals surface area (Å²) < 4.78 is 31.6. The molecule has 1 aromatic carbocycles. The Bertz CT molecular complexity index is 502. The summed E-state index contributed by atoms with van der Waals surface area (Å²) in [6.45, 7) is 1.86. The molecule has 0 saturated carbocycles. The molecule has 1 aliphatic rings. The molecule has 0 aliphatic carbocycles. The van der Waals surface area contributed by atoms with Crippen LogP contribution in [0.4, 0.5) is 8.78 Å². The molecule has 4 nitrogen and oxygen atoms in total. The van der Waals surface area contributed by atoms with E-state index < -0.39 is 11.6 Å². The van der Waals surface area contributed by atoms with Gasteiger partial charge in [0.1, 0.15) is 0 Å². The largest absolute Gasteiger partial charge is 0.396 e. The molecule has 2 rings (SSSR count). The highest BCUT2D eigenvalue weighted by molar-refractivity contribution is 5.78. The first-order valence-corrected chi connectivity index (χ1v) is 7.54. The van der Waals surface area contributed by atoms with Gasteiger partial charge in [0.2, 0.25) is 5.91 Å². The maximum atomic E-state index is 13.1. The summed E-state index contributed by atoms with van der Waals surface area (Å²) in [5.74, 6) is -1.92. The van der Waals surface area contributed by atoms with Crippen molar-refractivity contribution in [3.05, 3.63) is 35.4 Å². The molecule has 0 bridgehead atoms. The van der Waals surface area contributed by atoms with Gasteiger partial charge in [-0.05, 0) is 37.0 Å². The lowest BCUT2D eigenvalue weighted by atomic mass is 10.1. The zero-order valence-electron chi connectivity index (χ0n) is 12.4. The minimum Gasteiger partial charge on any atom is -0.396 e. The molecule has 0 unspecified atom stereocenters. The lowest BCUT2D eigenvalue weighted by Crippen LogP contribution is -2.41. The van der Waals surface area contributed by atoms with Gasteiger partial charge in [0.15, 0.2) is 11.6 Å². The van der Waals surface area contributed by atoms with E-state index in [1.807, 2.05) is 0 Å². The molecule has 22 heavy (non-hydrogen) atoms. The summed E-state index contributed by atoms with van der Waals surface area (Å²) in [6.07, 6.45) is 2.34. The fourth-order valence-electron chi connectivity index (χ4n) is 2.52. The van der Waals surface area contributed by atoms with Gasteiger partial charge in [-0.1, -0.05) is 6.07 Å². The van der Waals surface area contributed by atoms with Crippen molar-refractivity contribution in [1.82, 2.24) is 4.90 Å². The fraction of sp³-hybridized carbons (Fsp3) is 0.562. The van der Waals surface area contributed by atoms with Gasteiger partial charge in [0.25, 0.3) is 0 Å². The highest BCUT2D eigenvalue weighted by Crippen LogP contribution is 2.16. The average Bonchev–Trinajstić information content (AvgIpc) is 2.52. The molecular weight excluding hydrogens is 292 g/mol. The highest BCUT2D eigenvalue weighted by atomic mass is 19.2. The summed E-state index contributed by atoms with van der Waals surface area (Å²) in [5.41, 5.74) is 0.477. The number of hydrogen-bond acceptors (Lipinski definition) is 3. The molecule has 0 atom stereocenters. The maximum absolute atomic E-state index is 13.1. The number of piperidine rings is 1. The summed E-state index contributed by atoms with van der Waals surface area (Å²) in [5, 5.41) is 8.70. The molecule has 1 aliphatic heterocycles. The van der Waals surface area contributed by atoms with Crippen LogP contribution in [0.2, 0.25) is 0 Å². The molecule has 6 heteroatoms. The molecule has 1 heterocycles. The first kappa shape index (κ1) is 16.8. The standard InChI is InChI=1S/C16H21F2NO3/c17-14-3-2-12(10-15(14)18)11-16(21)19-6-4-13(5-7-19)22-9-1-8-20/h2-3,10,13,20H,1,4-9,11H2. The number of ether oxygens (including phenoxy) is 1. The van der Waals surface area contributed by atoms with Crippen molar-refractivity contribution < 1.29 is 23.4 Å². The second kappa shape index (κ2) is 8.19. The Morgan fingerprint density at radius 3 is 2.64 bits per heavy atom. The minimum absolute atomic E-state index is 0.0766. The van der Waals surface area contributed by atoms with Gasteiger partial charge in [0, 0.05) is 26.3 Å². The Morgan fingerprint density at radius 2 is 2.00 bits per heavy atom. The van der Waals surface area contributed by atoms with Crippen molar-refractivity contribution in [2.24, 2.45) is 0 Å². The molecule has 0 spiro atoms. The van der Waals surface area contributed by atoms with Crippen molar-refractivity contribution in [3.63, 3.8) is 0 Å². The molecule has 0 aromatic heterocycles. The molecule has 1 aromatic rings. The number of carbonyl (C=O) groups excluding carboxylic acids is 1. The van der Waals surface area contributed by atoms with Crippen LogP contribution in [-0.2, 0) is 16.0 Å². The van der Waals surface area contributed by atoms with Crippen LogP contribution in [0.25, 0.3) is 0 Å². The molecule has 1 fully saturated rings. The molecule has 1 N–H and O–H groups in total. The third-order valence-corrected chi connectivity index (χ3v) is 3.79. The molecule has 1 saturated heterocycles. The van der Waals surface area contributed by atoms with Crippen LogP contribution in [-0.4, -0.2) is 48.3 Å². The minimum atomic E-state index is -0.929. The normalized spacial score (nSPS) is 16.0. The van der Waals surface area contributed by atoms with E-state index >= 15 is 0 Å². The fourth-order valence-corrected chi connectivity index (χ4v) is 2.52. The van der Waals surface area contributed by atoms with Gasteiger partial charge in [-0.3, -0.25) is 4.79 Å². The Morgan fingerprint density at radius 1 is 1.27 bits per heavy atom. The number of aliphatic hydroxyl groups excluding tert-OH is 1. The number of likely N-dealkylation sites (tertiary alicyclic amines) is 1. The average molecular weight is 313 g/mol. The Balaban J connectivity index is 1.78. The van der Waals surface area contributed by atoms with Crippen molar-refractivity contribution in [3.8, 4) is 0 Å². The van der Waals surface area contributed by atoms with Crippen molar-refractivity contribution in [1.29, 1.82) is 0 Å². The Hall–Kier alpha value is -1.53. The van der Waals surface area contributed by atoms with Crippen LogP contribution in [0, 0.1) is 11.6 Å². The van der Waals surface area contributed by atoms with Crippen LogP contribution in [0.1, 0.15) is 24.8 Å². The smallest absolute Gasteiger partial charge is 0.226 e. The van der Waals surface area contributed by atoms with Gasteiger partial charge < -0.3 is 14.7 Å². The van der Waals surface area contributed by atoms with E-state index in [9.17, 15) is 13.6 Å². The van der Waals surface area contributed by atoms with E-state index in [0.29, 0.717) is 31.7 Å². The lowest BCUT2D eigenvalue weighted by Gasteiger charge is -2.32. The van der Waals surface area contributed by atoms with Gasteiger partial charge in [0.05, 0.1) is 12.5 Å². The van der Waals surface area contributed by atoms with E-state index in [2.05, 4.69) is 0 Å². The van der Waals surface area contributed by atoms with Crippen molar-refractivity contribution >= 4 is 5.91 Å². The first-order chi connectivity index (χ1) is 10.6. The SMILES string of the molecule is O=C(Cc1ccc(F)c(F)c1)N1CCC(OCCCO)CC1. The zero-order valence-corrected chi connectivity index (χ0v) is 12.4. The Kier molecular flexibility index (Phi) is 6.27. The van der Waals surface area contributed by atoms with Crippen LogP contribution >= 0.6 is 0 Å². The van der Waals surface area contributed by atoms with Crippen molar-refractivity contribution in [2.75, 3.05) is 26.3 Å². The number of rotatable bonds is 6. The van der Waals surface area contributed by atoms with Crippen molar-refractivity contribution in [2.45, 2.75) is 31.8 Å². The van der Waals surface area contributed by atoms with E-state index in [1.165, 1.54) is 6.07 Å². The third kappa shape index (κ3) is 4.74. The number of benzene rings is 1. The number of nitrogens with zero attached hydrogens (tertiary/aromatic N) is 1. The second-order valence-electron chi connectivity index (χ2n) is 5.45. The number of aliphatic hydroxyl groups is 1. The lowest BCUT2D eigenvalue weighted by molar-refractivity contribution is -0.133. The van der Waals surface area contributed by atoms with E-state index in [0.717, 1.165) is 25.0 Å². The topological polar surface area (TPSA) is 49.8 Å². The van der Waals surface area contributed by atoms with Crippen LogP contribution in [0.15, 0.2) is 18.2 Å². The third-order valence-electron chi connectivity index (χ3n) is 3.79. The van der Waals surface area contributed by atoms with E-state index in [1.54, 1.807) is 4.90 Å². The Labute approximate surface area is 128 Å². The molecular formula is C16H21F2NO3. The maximum Gasteiger partial charge on any atom is 0.226 e. The summed E-state index contributed by atoms with van der Waals surface area (Å²) in [7, 11) is 0. The van der Waals surface area contributed by atoms with E-state index in [4.69, 9.17) is 9.84 Å². The quantitative estimate of drug-likeness (QED) is 0.816. The molecule has 1 amide bonds. The van der Waals surface area contributed by atoms with Gasteiger partial charge in [-0.25, -0.2) is 8.78 Å². The predicted molar refractivity (Wildman–Crippen MR) is 77.3 cm³/mol. The van der Waals surface area contributed by atoms with E-state index in [-0.39, 0.29) is 25.0 Å². The summed E-state index contributed by atoms with van der Waals surface area (Å²) in [6, 6.07) is 3.54. The number of halogens is 2. The second-order valence-corrected chi connectivity index (χ2v) is 5.45. The van der Waals surface area contributed by atoms with Crippen LogP contribution in [0.5, 0.6) is 0 Å². The molecule has 122 valence electrons. The number of amides is 1. The monoisotopic (exact) mass is 313 g/mol. The highest BCUT2D eigenvalue weighted by Gasteiger charge is 2.23. The van der Waals surface area contributed by atoms with Gasteiger partial charge in [-0.2, -0.15) is 0 Å². The molecule has 0 radical (unpaired) electrons.